The van der Waals surface area contributed by atoms with E-state index in [1.807, 2.05) is 29.2 Å². The van der Waals surface area contributed by atoms with Gasteiger partial charge in [0.2, 0.25) is 5.91 Å². The number of anilines is 1. The summed E-state index contributed by atoms with van der Waals surface area (Å²) in [6, 6.07) is 7.17. The summed E-state index contributed by atoms with van der Waals surface area (Å²) in [5.74, 6) is 0.611. The van der Waals surface area contributed by atoms with Gasteiger partial charge in [-0.05, 0) is 12.1 Å². The largest absolute Gasteiger partial charge is 0.495 e. The fraction of sp³-hybridized carbons (Fsp3) is 0.467. The molecule has 1 aromatic rings. The maximum absolute atomic E-state index is 12.0. The zero-order valence-corrected chi connectivity index (χ0v) is 14.6. The van der Waals surface area contributed by atoms with E-state index in [1.54, 1.807) is 14.0 Å². The molecule has 2 fully saturated rings. The van der Waals surface area contributed by atoms with Crippen LogP contribution < -0.4 is 9.64 Å². The fourth-order valence-corrected chi connectivity index (χ4v) is 6.78. The average molecular weight is 354 g/mol. The summed E-state index contributed by atoms with van der Waals surface area (Å²) < 4.78 is 29.4. The van der Waals surface area contributed by atoms with Crippen molar-refractivity contribution in [2.45, 2.75) is 24.6 Å². The van der Waals surface area contributed by atoms with E-state index < -0.39 is 9.84 Å². The molecule has 2 atom stereocenters. The second-order valence-electron chi connectivity index (χ2n) is 5.48. The lowest BCUT2D eigenvalue weighted by Gasteiger charge is -2.26. The van der Waals surface area contributed by atoms with Crippen molar-refractivity contribution in [2.24, 2.45) is 4.99 Å². The van der Waals surface area contributed by atoms with Gasteiger partial charge in [-0.15, -0.1) is 0 Å². The second kappa shape index (κ2) is 6.16. The number of hydrogen-bond donors (Lipinski definition) is 0. The molecule has 0 aliphatic carbocycles. The molecule has 2 saturated heterocycles. The molecule has 0 spiro atoms. The van der Waals surface area contributed by atoms with Crippen molar-refractivity contribution in [3.05, 3.63) is 24.3 Å². The molecule has 0 radical (unpaired) electrons. The van der Waals surface area contributed by atoms with Gasteiger partial charge in [-0.2, -0.15) is 4.99 Å². The van der Waals surface area contributed by atoms with Gasteiger partial charge >= 0.3 is 0 Å². The average Bonchev–Trinajstić information content (AvgIpc) is 2.98. The second-order valence-corrected chi connectivity index (χ2v) is 8.84. The van der Waals surface area contributed by atoms with E-state index in [-0.39, 0.29) is 28.7 Å². The molecule has 0 aromatic heterocycles. The number of fused-ring (bicyclic) bond motifs is 1. The van der Waals surface area contributed by atoms with Gasteiger partial charge in [0.05, 0.1) is 30.3 Å². The van der Waals surface area contributed by atoms with Gasteiger partial charge in [0, 0.05) is 11.7 Å². The number of carbonyl (C=O) groups is 1. The van der Waals surface area contributed by atoms with Crippen molar-refractivity contribution < 1.29 is 17.9 Å². The Bertz CT molecular complexity index is 760. The first-order valence-electron chi connectivity index (χ1n) is 7.36. The highest BCUT2D eigenvalue weighted by molar-refractivity contribution is 8.16. The van der Waals surface area contributed by atoms with Gasteiger partial charge in [0.15, 0.2) is 15.0 Å². The molecule has 0 bridgehead atoms. The smallest absolute Gasteiger partial charge is 0.247 e. The van der Waals surface area contributed by atoms with E-state index >= 15 is 0 Å². The lowest BCUT2D eigenvalue weighted by atomic mass is 10.2. The highest BCUT2D eigenvalue weighted by Crippen LogP contribution is 2.43. The van der Waals surface area contributed by atoms with Crippen LogP contribution in [0.2, 0.25) is 0 Å². The van der Waals surface area contributed by atoms with E-state index in [2.05, 4.69) is 4.99 Å². The first-order valence-corrected chi connectivity index (χ1v) is 10.1. The Morgan fingerprint density at radius 2 is 2.13 bits per heavy atom. The molecule has 8 heteroatoms. The van der Waals surface area contributed by atoms with Crippen LogP contribution in [0.4, 0.5) is 5.69 Å². The first-order chi connectivity index (χ1) is 10.9. The third-order valence-electron chi connectivity index (χ3n) is 3.93. The first kappa shape index (κ1) is 16.3. The summed E-state index contributed by atoms with van der Waals surface area (Å²) in [6.45, 7) is 1.75. The van der Waals surface area contributed by atoms with Crippen LogP contribution in [0.5, 0.6) is 5.75 Å². The van der Waals surface area contributed by atoms with E-state index in [1.165, 1.54) is 11.8 Å². The number of ether oxygens (including phenoxy) is 1. The predicted octanol–water partition coefficient (Wildman–Crippen LogP) is 1.71. The highest BCUT2D eigenvalue weighted by Gasteiger charge is 2.49. The summed E-state index contributed by atoms with van der Waals surface area (Å²) in [5.41, 5.74) is 0.745. The van der Waals surface area contributed by atoms with E-state index in [4.69, 9.17) is 4.74 Å². The molecule has 3 rings (SSSR count). The summed E-state index contributed by atoms with van der Waals surface area (Å²) in [7, 11) is -1.50. The molecule has 1 aromatic carbocycles. The molecule has 2 aliphatic heterocycles. The Morgan fingerprint density at radius 3 is 2.83 bits per heavy atom. The summed E-state index contributed by atoms with van der Waals surface area (Å²) in [5, 5.41) is 0.458. The minimum Gasteiger partial charge on any atom is -0.495 e. The zero-order valence-electron chi connectivity index (χ0n) is 12.9. The predicted molar refractivity (Wildman–Crippen MR) is 92.0 cm³/mol. The number of para-hydroxylation sites is 2. The van der Waals surface area contributed by atoms with Crippen LogP contribution in [0.1, 0.15) is 13.3 Å². The summed E-state index contributed by atoms with van der Waals surface area (Å²) in [4.78, 5) is 17.8. The molecule has 1 amide bonds. The van der Waals surface area contributed by atoms with Gasteiger partial charge < -0.3 is 9.64 Å². The van der Waals surface area contributed by atoms with Gasteiger partial charge in [0.25, 0.3) is 0 Å². The maximum atomic E-state index is 12.0. The van der Waals surface area contributed by atoms with Crippen molar-refractivity contribution in [2.75, 3.05) is 23.5 Å². The quantitative estimate of drug-likeness (QED) is 0.822. The Balaban J connectivity index is 2.07. The molecule has 23 heavy (non-hydrogen) atoms. The number of amidine groups is 1. The third kappa shape index (κ3) is 3.10. The summed E-state index contributed by atoms with van der Waals surface area (Å²) in [6.07, 6.45) is 0.317. The molecule has 2 heterocycles. The number of benzene rings is 1. The van der Waals surface area contributed by atoms with Gasteiger partial charge in [-0.25, -0.2) is 8.42 Å². The fourth-order valence-electron chi connectivity index (χ4n) is 2.86. The monoisotopic (exact) mass is 354 g/mol. The Hall–Kier alpha value is -1.54. The van der Waals surface area contributed by atoms with Crippen LogP contribution in [0.3, 0.4) is 0 Å². The van der Waals surface area contributed by atoms with E-state index in [0.717, 1.165) is 5.69 Å². The molecule has 0 saturated carbocycles. The van der Waals surface area contributed by atoms with Crippen molar-refractivity contribution in [1.82, 2.24) is 0 Å². The topological polar surface area (TPSA) is 76.0 Å². The number of carbonyl (C=O) groups excluding carboxylic acids is 1. The molecule has 124 valence electrons. The van der Waals surface area contributed by atoms with Crippen LogP contribution in [0.15, 0.2) is 29.3 Å². The van der Waals surface area contributed by atoms with Crippen LogP contribution in [-0.4, -0.2) is 49.4 Å². The highest BCUT2D eigenvalue weighted by atomic mass is 32.2. The number of aliphatic imine (C=N–C) groups is 1. The summed E-state index contributed by atoms with van der Waals surface area (Å²) >= 11 is 1.37. The van der Waals surface area contributed by atoms with Gasteiger partial charge in [-0.1, -0.05) is 30.8 Å². The van der Waals surface area contributed by atoms with E-state index in [0.29, 0.717) is 17.3 Å². The Morgan fingerprint density at radius 1 is 1.39 bits per heavy atom. The standard InChI is InChI=1S/C15H18N2O4S2/c1-3-14(18)16-15-17(10-6-4-5-7-12(10)21-2)11-8-23(19,20)9-13(11)22-15/h4-7,11,13H,3,8-9H2,1-2H3/t11-,13+/m0/s1. The number of nitrogens with zero attached hydrogens (tertiary/aromatic N) is 2. The van der Waals surface area contributed by atoms with Crippen molar-refractivity contribution in [1.29, 1.82) is 0 Å². The lowest BCUT2D eigenvalue weighted by molar-refractivity contribution is -0.117. The number of thioether (sulfide) groups is 1. The van der Waals surface area contributed by atoms with Gasteiger partial charge in [0.1, 0.15) is 5.75 Å². The van der Waals surface area contributed by atoms with Crippen LogP contribution >= 0.6 is 11.8 Å². The molecular weight excluding hydrogens is 336 g/mol. The number of methoxy groups -OCH3 is 1. The number of sulfone groups is 1. The van der Waals surface area contributed by atoms with Gasteiger partial charge in [-0.3, -0.25) is 4.79 Å². The van der Waals surface area contributed by atoms with Crippen molar-refractivity contribution >= 4 is 38.4 Å². The number of rotatable bonds is 3. The van der Waals surface area contributed by atoms with Crippen LogP contribution in [0, 0.1) is 0 Å². The molecule has 6 nitrogen and oxygen atoms in total. The van der Waals surface area contributed by atoms with Crippen molar-refractivity contribution in [3.63, 3.8) is 0 Å². The molecular formula is C15H18N2O4S2. The zero-order chi connectivity index (χ0) is 16.6. The number of amides is 1. The minimum atomic E-state index is -3.07. The van der Waals surface area contributed by atoms with Crippen molar-refractivity contribution in [3.8, 4) is 5.75 Å². The minimum absolute atomic E-state index is 0.0715. The normalized spacial score (nSPS) is 27.2. The van der Waals surface area contributed by atoms with Crippen LogP contribution in [0.25, 0.3) is 0 Å². The maximum Gasteiger partial charge on any atom is 0.247 e. The Labute approximate surface area is 139 Å². The van der Waals surface area contributed by atoms with E-state index in [9.17, 15) is 13.2 Å². The third-order valence-corrected chi connectivity index (χ3v) is 7.14. The lowest BCUT2D eigenvalue weighted by Crippen LogP contribution is -2.37. The Kier molecular flexibility index (Phi) is 4.37. The number of hydrogen-bond acceptors (Lipinski definition) is 5. The molecule has 0 N–H and O–H groups in total. The SMILES string of the molecule is CCC(=O)N=C1S[C@@H]2CS(=O)(=O)C[C@@H]2N1c1ccccc1OC. The molecule has 2 aliphatic rings. The van der Waals surface area contributed by atoms with Crippen LogP contribution in [-0.2, 0) is 14.6 Å². The molecule has 0 unspecified atom stereocenters.